The molecule has 0 spiro atoms. The highest BCUT2D eigenvalue weighted by atomic mass is 16.2. The van der Waals surface area contributed by atoms with Crippen LogP contribution in [0.3, 0.4) is 0 Å². The number of benzene rings is 1. The van der Waals surface area contributed by atoms with Gasteiger partial charge in [0.05, 0.1) is 5.92 Å². The van der Waals surface area contributed by atoms with Crippen LogP contribution in [-0.4, -0.2) is 11.7 Å². The molecule has 14 heavy (non-hydrogen) atoms. The van der Waals surface area contributed by atoms with E-state index in [0.29, 0.717) is 12.8 Å². The van der Waals surface area contributed by atoms with Crippen LogP contribution < -0.4 is 5.32 Å². The van der Waals surface area contributed by atoms with E-state index < -0.39 is 0 Å². The molecule has 2 aliphatic rings. The van der Waals surface area contributed by atoms with Crippen LogP contribution in [0.5, 0.6) is 0 Å². The van der Waals surface area contributed by atoms with Gasteiger partial charge in [-0.25, -0.2) is 0 Å². The Bertz CT molecular complexity index is 451. The average Bonchev–Trinajstić information content (AvgIpc) is 2.50. The van der Waals surface area contributed by atoms with Crippen LogP contribution in [-0.2, 0) is 4.79 Å². The molecule has 1 heterocycles. The Balaban J connectivity index is 2.30. The number of amides is 1. The third-order valence-electron chi connectivity index (χ3n) is 2.99. The van der Waals surface area contributed by atoms with Crippen molar-refractivity contribution >= 4 is 17.4 Å². The van der Waals surface area contributed by atoms with E-state index in [1.807, 2.05) is 18.2 Å². The fraction of sp³-hybridized carbons (Fsp3) is 0.273. The normalized spacial score (nSPS) is 23.3. The largest absolute Gasteiger partial charge is 0.325 e. The number of anilines is 1. The summed E-state index contributed by atoms with van der Waals surface area (Å²) in [5.74, 6) is 0.119. The first-order valence-electron chi connectivity index (χ1n) is 4.74. The molecule has 0 aromatic heterocycles. The van der Waals surface area contributed by atoms with Crippen LogP contribution in [0.25, 0.3) is 0 Å². The average molecular weight is 187 g/mol. The molecular weight excluding hydrogens is 178 g/mol. The van der Waals surface area contributed by atoms with Crippen molar-refractivity contribution in [1.82, 2.24) is 0 Å². The molecule has 1 aliphatic heterocycles. The van der Waals surface area contributed by atoms with E-state index >= 15 is 0 Å². The summed E-state index contributed by atoms with van der Waals surface area (Å²) < 4.78 is 0. The summed E-state index contributed by atoms with van der Waals surface area (Å²) in [4.78, 5) is 23.1. The third-order valence-corrected chi connectivity index (χ3v) is 2.99. The van der Waals surface area contributed by atoms with E-state index in [9.17, 15) is 9.59 Å². The van der Waals surface area contributed by atoms with E-state index in [1.54, 1.807) is 0 Å². The van der Waals surface area contributed by atoms with E-state index in [2.05, 4.69) is 5.32 Å². The highest BCUT2D eigenvalue weighted by Crippen LogP contribution is 2.41. The van der Waals surface area contributed by atoms with Crippen molar-refractivity contribution in [2.75, 3.05) is 5.32 Å². The fourth-order valence-electron chi connectivity index (χ4n) is 2.33. The highest BCUT2D eigenvalue weighted by molar-refractivity contribution is 6.10. The van der Waals surface area contributed by atoms with E-state index in [1.165, 1.54) is 0 Å². The number of nitrogens with one attached hydrogen (secondary N) is 1. The van der Waals surface area contributed by atoms with Gasteiger partial charge in [-0.15, -0.1) is 0 Å². The molecule has 70 valence electrons. The van der Waals surface area contributed by atoms with Crippen LogP contribution >= 0.6 is 0 Å². The summed E-state index contributed by atoms with van der Waals surface area (Å²) in [6.07, 6.45) is 1.16. The maximum atomic E-state index is 11.6. The van der Waals surface area contributed by atoms with Gasteiger partial charge in [0.2, 0.25) is 5.91 Å². The van der Waals surface area contributed by atoms with E-state index in [-0.39, 0.29) is 17.6 Å². The minimum atomic E-state index is -0.0844. The second-order valence-electron chi connectivity index (χ2n) is 3.77. The standard InChI is InChI=1S/C11H9NO2/c13-9-5-4-7-10-6(9)2-1-3-8(10)12-11(7)14/h1-3,7H,4-5H2,(H,12,14). The summed E-state index contributed by atoms with van der Waals surface area (Å²) in [5, 5.41) is 2.81. The van der Waals surface area contributed by atoms with Gasteiger partial charge in [-0.1, -0.05) is 12.1 Å². The Morgan fingerprint density at radius 2 is 2.14 bits per heavy atom. The van der Waals surface area contributed by atoms with Gasteiger partial charge in [-0.05, 0) is 18.1 Å². The zero-order chi connectivity index (χ0) is 9.71. The topological polar surface area (TPSA) is 46.2 Å². The number of hydrogen-bond donors (Lipinski definition) is 1. The van der Waals surface area contributed by atoms with Crippen molar-refractivity contribution in [3.63, 3.8) is 0 Å². The lowest BCUT2D eigenvalue weighted by Crippen LogP contribution is -2.18. The third kappa shape index (κ3) is 0.816. The number of Topliss-reactive ketones (excluding diaryl/α,β-unsaturated/α-hetero) is 1. The predicted molar refractivity (Wildman–Crippen MR) is 51.4 cm³/mol. The Morgan fingerprint density at radius 1 is 1.29 bits per heavy atom. The number of hydrogen-bond acceptors (Lipinski definition) is 2. The summed E-state index contributed by atoms with van der Waals surface area (Å²) >= 11 is 0. The Labute approximate surface area is 81.1 Å². The van der Waals surface area contributed by atoms with Crippen LogP contribution in [0.4, 0.5) is 5.69 Å². The van der Waals surface area contributed by atoms with Crippen molar-refractivity contribution in [3.05, 3.63) is 29.3 Å². The number of rotatable bonds is 0. The molecule has 3 heteroatoms. The first-order valence-corrected chi connectivity index (χ1v) is 4.74. The Morgan fingerprint density at radius 3 is 3.00 bits per heavy atom. The van der Waals surface area contributed by atoms with Crippen molar-refractivity contribution in [2.45, 2.75) is 18.8 Å². The van der Waals surface area contributed by atoms with Gasteiger partial charge >= 0.3 is 0 Å². The summed E-state index contributed by atoms with van der Waals surface area (Å²) in [7, 11) is 0. The molecule has 0 saturated heterocycles. The van der Waals surface area contributed by atoms with Gasteiger partial charge in [0.15, 0.2) is 5.78 Å². The van der Waals surface area contributed by atoms with Gasteiger partial charge in [0.25, 0.3) is 0 Å². The maximum Gasteiger partial charge on any atom is 0.232 e. The van der Waals surface area contributed by atoms with Gasteiger partial charge in [0, 0.05) is 17.7 Å². The molecule has 1 N–H and O–H groups in total. The zero-order valence-corrected chi connectivity index (χ0v) is 7.54. The molecule has 1 atom stereocenters. The number of carbonyl (C=O) groups excluding carboxylic acids is 2. The lowest BCUT2D eigenvalue weighted by molar-refractivity contribution is -0.117. The van der Waals surface area contributed by atoms with Crippen LogP contribution in [0.1, 0.15) is 34.7 Å². The lowest BCUT2D eigenvalue weighted by Gasteiger charge is -2.17. The molecule has 0 saturated carbocycles. The molecule has 1 unspecified atom stereocenters. The van der Waals surface area contributed by atoms with Crippen molar-refractivity contribution < 1.29 is 9.59 Å². The van der Waals surface area contributed by atoms with Crippen LogP contribution in [0.15, 0.2) is 18.2 Å². The zero-order valence-electron chi connectivity index (χ0n) is 7.54. The maximum absolute atomic E-state index is 11.6. The monoisotopic (exact) mass is 187 g/mol. The smallest absolute Gasteiger partial charge is 0.232 e. The molecule has 3 nitrogen and oxygen atoms in total. The van der Waals surface area contributed by atoms with E-state index in [0.717, 1.165) is 16.8 Å². The lowest BCUT2D eigenvalue weighted by atomic mass is 9.83. The number of ketones is 1. The molecule has 0 radical (unpaired) electrons. The first-order chi connectivity index (χ1) is 6.77. The Kier molecular flexibility index (Phi) is 1.35. The SMILES string of the molecule is O=C1CCC2C(=O)Nc3cccc1c32. The van der Waals surface area contributed by atoms with Crippen LogP contribution in [0, 0.1) is 0 Å². The van der Waals surface area contributed by atoms with Crippen molar-refractivity contribution in [1.29, 1.82) is 0 Å². The minimum absolute atomic E-state index is 0.0416. The van der Waals surface area contributed by atoms with Gasteiger partial charge in [-0.3, -0.25) is 9.59 Å². The summed E-state index contributed by atoms with van der Waals surface area (Å²) in [6, 6.07) is 5.49. The second-order valence-corrected chi connectivity index (χ2v) is 3.77. The fourth-order valence-corrected chi connectivity index (χ4v) is 2.33. The number of carbonyl (C=O) groups is 2. The van der Waals surface area contributed by atoms with Crippen molar-refractivity contribution in [2.24, 2.45) is 0 Å². The van der Waals surface area contributed by atoms with Gasteiger partial charge < -0.3 is 5.32 Å². The molecule has 0 fully saturated rings. The van der Waals surface area contributed by atoms with Crippen LogP contribution in [0.2, 0.25) is 0 Å². The highest BCUT2D eigenvalue weighted by Gasteiger charge is 2.37. The molecule has 1 aliphatic carbocycles. The molecule has 0 bridgehead atoms. The summed E-state index contributed by atoms with van der Waals surface area (Å²) in [5.41, 5.74) is 2.48. The molecule has 3 rings (SSSR count). The molecular formula is C11H9NO2. The minimum Gasteiger partial charge on any atom is -0.325 e. The second kappa shape index (κ2) is 2.44. The molecule has 1 amide bonds. The van der Waals surface area contributed by atoms with Gasteiger partial charge in [-0.2, -0.15) is 0 Å². The van der Waals surface area contributed by atoms with Gasteiger partial charge in [0.1, 0.15) is 0 Å². The Hall–Kier alpha value is -1.64. The molecule has 1 aromatic carbocycles. The summed E-state index contributed by atoms with van der Waals surface area (Å²) in [6.45, 7) is 0. The predicted octanol–water partition coefficient (Wildman–Crippen LogP) is 1.70. The quantitative estimate of drug-likeness (QED) is 0.671. The van der Waals surface area contributed by atoms with Crippen molar-refractivity contribution in [3.8, 4) is 0 Å². The van der Waals surface area contributed by atoms with E-state index in [4.69, 9.17) is 0 Å². The molecule has 1 aromatic rings. The first kappa shape index (κ1) is 7.74.